The van der Waals surface area contributed by atoms with E-state index in [1.165, 1.54) is 11.8 Å². The lowest BCUT2D eigenvalue weighted by Crippen LogP contribution is -2.37. The fraction of sp³-hybridized carbons (Fsp3) is 0.400. The van der Waals surface area contributed by atoms with Crippen LogP contribution in [-0.2, 0) is 9.59 Å². The summed E-state index contributed by atoms with van der Waals surface area (Å²) in [5, 5.41) is 5.50. The van der Waals surface area contributed by atoms with Crippen LogP contribution in [0, 0.1) is 5.92 Å². The van der Waals surface area contributed by atoms with Crippen molar-refractivity contribution in [1.82, 2.24) is 5.32 Å². The molecule has 21 heavy (non-hydrogen) atoms. The molecular weight excluding hydrogens is 288 g/mol. The fourth-order valence-corrected chi connectivity index (χ4v) is 2.79. The molecule has 0 saturated carbocycles. The van der Waals surface area contributed by atoms with Crippen LogP contribution < -0.4 is 10.6 Å². The Morgan fingerprint density at radius 1 is 1.24 bits per heavy atom. The second-order valence-electron chi connectivity index (χ2n) is 5.20. The van der Waals surface area contributed by atoms with Crippen LogP contribution in [0.1, 0.15) is 30.6 Å². The number of carbonyl (C=O) groups is 3. The topological polar surface area (TPSA) is 75.3 Å². The predicted molar refractivity (Wildman–Crippen MR) is 83.2 cm³/mol. The molecule has 2 N–H and O–H groups in total. The highest BCUT2D eigenvalue weighted by molar-refractivity contribution is 8.14. The number of anilines is 1. The number of hydrogen-bond donors (Lipinski definition) is 2. The normalized spacial score (nSPS) is 17.9. The molecule has 1 aliphatic rings. The van der Waals surface area contributed by atoms with Gasteiger partial charge < -0.3 is 10.6 Å². The van der Waals surface area contributed by atoms with Gasteiger partial charge in [-0.05, 0) is 30.7 Å². The number of thioether (sulfide) groups is 1. The second-order valence-corrected chi connectivity index (χ2v) is 6.30. The van der Waals surface area contributed by atoms with Gasteiger partial charge in [-0.15, -0.1) is 0 Å². The molecule has 1 aromatic rings. The van der Waals surface area contributed by atoms with Crippen LogP contribution in [0.15, 0.2) is 24.3 Å². The minimum Gasteiger partial charge on any atom is -0.341 e. The highest BCUT2D eigenvalue weighted by Crippen LogP contribution is 2.20. The van der Waals surface area contributed by atoms with E-state index in [1.807, 2.05) is 13.8 Å². The molecule has 2 rings (SSSR count). The van der Waals surface area contributed by atoms with Gasteiger partial charge in [-0.1, -0.05) is 25.6 Å². The van der Waals surface area contributed by atoms with Gasteiger partial charge >= 0.3 is 0 Å². The highest BCUT2D eigenvalue weighted by Gasteiger charge is 2.26. The molecule has 1 aliphatic heterocycles. The minimum absolute atomic E-state index is 0.0177. The molecule has 1 atom stereocenters. The zero-order valence-corrected chi connectivity index (χ0v) is 12.8. The van der Waals surface area contributed by atoms with Crippen molar-refractivity contribution in [1.29, 1.82) is 0 Å². The van der Waals surface area contributed by atoms with Gasteiger partial charge in [0.05, 0.1) is 6.04 Å². The summed E-state index contributed by atoms with van der Waals surface area (Å²) in [5.41, 5.74) is 1.12. The summed E-state index contributed by atoms with van der Waals surface area (Å²) < 4.78 is 0. The molecule has 6 heteroatoms. The predicted octanol–water partition coefficient (Wildman–Crippen LogP) is 2.04. The van der Waals surface area contributed by atoms with Crippen molar-refractivity contribution < 1.29 is 14.4 Å². The molecule has 112 valence electrons. The summed E-state index contributed by atoms with van der Waals surface area (Å²) in [6.07, 6.45) is 0.678. The molecule has 1 saturated heterocycles. The van der Waals surface area contributed by atoms with Crippen molar-refractivity contribution in [2.75, 3.05) is 11.1 Å². The molecule has 0 radical (unpaired) electrons. The van der Waals surface area contributed by atoms with Gasteiger partial charge in [-0.25, -0.2) is 0 Å². The number of benzene rings is 1. The molecule has 2 amide bonds. The van der Waals surface area contributed by atoms with E-state index in [0.29, 0.717) is 17.7 Å². The van der Waals surface area contributed by atoms with E-state index in [-0.39, 0.29) is 28.9 Å². The van der Waals surface area contributed by atoms with Gasteiger partial charge in [0.2, 0.25) is 11.0 Å². The zero-order chi connectivity index (χ0) is 15.4. The molecule has 1 heterocycles. The van der Waals surface area contributed by atoms with Crippen LogP contribution in [0.5, 0.6) is 0 Å². The number of amides is 2. The van der Waals surface area contributed by atoms with E-state index in [2.05, 4.69) is 10.6 Å². The van der Waals surface area contributed by atoms with E-state index >= 15 is 0 Å². The summed E-state index contributed by atoms with van der Waals surface area (Å²) >= 11 is 1.25. The molecule has 0 unspecified atom stereocenters. The first-order chi connectivity index (χ1) is 9.97. The monoisotopic (exact) mass is 306 g/mol. The molecule has 5 nitrogen and oxygen atoms in total. The summed E-state index contributed by atoms with van der Waals surface area (Å²) in [5.74, 6) is 0.321. The third-order valence-electron chi connectivity index (χ3n) is 3.18. The Labute approximate surface area is 127 Å². The van der Waals surface area contributed by atoms with Crippen molar-refractivity contribution in [3.8, 4) is 0 Å². The third-order valence-corrected chi connectivity index (χ3v) is 4.19. The lowest BCUT2D eigenvalue weighted by atomic mass is 10.1. The summed E-state index contributed by atoms with van der Waals surface area (Å²) in [7, 11) is 0. The molecule has 0 bridgehead atoms. The Balaban J connectivity index is 1.96. The van der Waals surface area contributed by atoms with E-state index < -0.39 is 0 Å². The lowest BCUT2D eigenvalue weighted by Gasteiger charge is -2.11. The van der Waals surface area contributed by atoms with Gasteiger partial charge in [0.25, 0.3) is 5.91 Å². The average molecular weight is 306 g/mol. The SMILES string of the molecule is CC(C)C(=O)Nc1ccc(C(=O)N[C@@H]2CCSC2=O)cc1. The first-order valence-corrected chi connectivity index (χ1v) is 7.84. The van der Waals surface area contributed by atoms with Crippen LogP contribution in [0.4, 0.5) is 5.69 Å². The summed E-state index contributed by atoms with van der Waals surface area (Å²) in [6.45, 7) is 3.63. The highest BCUT2D eigenvalue weighted by atomic mass is 32.2. The van der Waals surface area contributed by atoms with Crippen LogP contribution in [0.25, 0.3) is 0 Å². The van der Waals surface area contributed by atoms with Gasteiger partial charge in [-0.3, -0.25) is 14.4 Å². The number of hydrogen-bond acceptors (Lipinski definition) is 4. The zero-order valence-electron chi connectivity index (χ0n) is 12.0. The Morgan fingerprint density at radius 3 is 2.43 bits per heavy atom. The van der Waals surface area contributed by atoms with Crippen LogP contribution in [0.2, 0.25) is 0 Å². The summed E-state index contributed by atoms with van der Waals surface area (Å²) in [6, 6.07) is 6.25. The first-order valence-electron chi connectivity index (χ1n) is 6.86. The van der Waals surface area contributed by atoms with E-state index in [9.17, 15) is 14.4 Å². The second kappa shape index (κ2) is 6.76. The minimum atomic E-state index is -0.386. The van der Waals surface area contributed by atoms with Crippen molar-refractivity contribution in [3.05, 3.63) is 29.8 Å². The van der Waals surface area contributed by atoms with Gasteiger partial charge in [-0.2, -0.15) is 0 Å². The number of rotatable bonds is 4. The Bertz CT molecular complexity index is 555. The summed E-state index contributed by atoms with van der Waals surface area (Å²) in [4.78, 5) is 35.1. The first kappa shape index (κ1) is 15.6. The maximum Gasteiger partial charge on any atom is 0.251 e. The third kappa shape index (κ3) is 4.07. The van der Waals surface area contributed by atoms with Crippen LogP contribution >= 0.6 is 11.8 Å². The smallest absolute Gasteiger partial charge is 0.251 e. The van der Waals surface area contributed by atoms with Gasteiger partial charge in [0.1, 0.15) is 0 Å². The van der Waals surface area contributed by atoms with Crippen LogP contribution in [0.3, 0.4) is 0 Å². The van der Waals surface area contributed by atoms with Crippen molar-refractivity contribution in [2.45, 2.75) is 26.3 Å². The van der Waals surface area contributed by atoms with E-state index in [1.54, 1.807) is 24.3 Å². The van der Waals surface area contributed by atoms with Crippen molar-refractivity contribution in [3.63, 3.8) is 0 Å². The number of carbonyl (C=O) groups excluding carboxylic acids is 3. The quantitative estimate of drug-likeness (QED) is 0.892. The molecule has 0 aromatic heterocycles. The van der Waals surface area contributed by atoms with E-state index in [0.717, 1.165) is 5.75 Å². The molecule has 0 spiro atoms. The Kier molecular flexibility index (Phi) is 5.01. The van der Waals surface area contributed by atoms with E-state index in [4.69, 9.17) is 0 Å². The van der Waals surface area contributed by atoms with Crippen LogP contribution in [-0.4, -0.2) is 28.7 Å². The standard InChI is InChI=1S/C15H18N2O3S/c1-9(2)13(18)16-11-5-3-10(4-6-11)14(19)17-12-7-8-21-15(12)20/h3-6,9,12H,7-8H2,1-2H3,(H,16,18)(H,17,19)/t12-/m1/s1. The molecule has 0 aliphatic carbocycles. The van der Waals surface area contributed by atoms with Gasteiger partial charge in [0, 0.05) is 22.9 Å². The fourth-order valence-electron chi connectivity index (χ4n) is 1.86. The average Bonchev–Trinajstić information content (AvgIpc) is 2.85. The van der Waals surface area contributed by atoms with Crippen molar-refractivity contribution in [2.24, 2.45) is 5.92 Å². The Morgan fingerprint density at radius 2 is 1.90 bits per heavy atom. The largest absolute Gasteiger partial charge is 0.341 e. The number of nitrogens with one attached hydrogen (secondary N) is 2. The maximum absolute atomic E-state index is 12.0. The van der Waals surface area contributed by atoms with Crippen molar-refractivity contribution >= 4 is 34.4 Å². The molecular formula is C15H18N2O3S. The molecule has 1 fully saturated rings. The van der Waals surface area contributed by atoms with Gasteiger partial charge in [0.15, 0.2) is 0 Å². The maximum atomic E-state index is 12.0. The molecule has 1 aromatic carbocycles. The Hall–Kier alpha value is -1.82. The lowest BCUT2D eigenvalue weighted by molar-refractivity contribution is -0.119.